The van der Waals surface area contributed by atoms with Gasteiger partial charge >= 0.3 is 0 Å². The molecule has 1 aliphatic carbocycles. The Hall–Kier alpha value is -1.82. The Bertz CT molecular complexity index is 1060. The lowest BCUT2D eigenvalue weighted by molar-refractivity contribution is 0.0388. The van der Waals surface area contributed by atoms with Gasteiger partial charge in [0.05, 0.1) is 0 Å². The molecule has 0 atom stereocenters. The van der Waals surface area contributed by atoms with Gasteiger partial charge in [-0.1, -0.05) is 128 Å². The van der Waals surface area contributed by atoms with Gasteiger partial charge in [-0.25, -0.2) is 0 Å². The van der Waals surface area contributed by atoms with Crippen LogP contribution in [0.15, 0.2) is 48.5 Å². The van der Waals surface area contributed by atoms with E-state index in [4.69, 9.17) is 0 Å². The molecule has 0 spiro atoms. The van der Waals surface area contributed by atoms with Gasteiger partial charge in [-0.3, -0.25) is 0 Å². The fourth-order valence-corrected chi connectivity index (χ4v) is 7.52. The van der Waals surface area contributed by atoms with Crippen LogP contribution in [-0.4, -0.2) is 0 Å². The fourth-order valence-electron chi connectivity index (χ4n) is 7.52. The van der Waals surface area contributed by atoms with Crippen LogP contribution in [0.1, 0.15) is 122 Å². The highest BCUT2D eigenvalue weighted by atomic mass is 14.6. The van der Waals surface area contributed by atoms with Gasteiger partial charge in [0.1, 0.15) is 0 Å². The normalized spacial score (nSPS) is 16.7. The van der Waals surface area contributed by atoms with E-state index in [0.717, 1.165) is 0 Å². The summed E-state index contributed by atoms with van der Waals surface area (Å²) in [5.41, 5.74) is 4.26. The van der Waals surface area contributed by atoms with Gasteiger partial charge in [0.25, 0.3) is 0 Å². The molecule has 4 rings (SSSR count). The summed E-state index contributed by atoms with van der Waals surface area (Å²) in [6.07, 6.45) is 19.0. The predicted octanol–water partition coefficient (Wildman–Crippen LogP) is 10.9. The fraction of sp³-hybridized carbons (Fsp3) is 0.588. The SMILES string of the molecule is CCCCC1(CCCC)CCc2c(ccc3c2ccc2ccccc23)C1(CCCC)CCCC. The summed E-state index contributed by atoms with van der Waals surface area (Å²) in [6.45, 7) is 9.57. The van der Waals surface area contributed by atoms with Crippen LogP contribution in [0.25, 0.3) is 21.5 Å². The van der Waals surface area contributed by atoms with Crippen molar-refractivity contribution in [3.8, 4) is 0 Å². The topological polar surface area (TPSA) is 0 Å². The van der Waals surface area contributed by atoms with E-state index >= 15 is 0 Å². The minimum atomic E-state index is 0.344. The van der Waals surface area contributed by atoms with Crippen molar-refractivity contribution >= 4 is 21.5 Å². The summed E-state index contributed by atoms with van der Waals surface area (Å²) in [5.74, 6) is 0. The van der Waals surface area contributed by atoms with Gasteiger partial charge in [-0.2, -0.15) is 0 Å². The summed E-state index contributed by atoms with van der Waals surface area (Å²) < 4.78 is 0. The largest absolute Gasteiger partial charge is 0.0654 e. The monoisotopic (exact) mass is 456 g/mol. The lowest BCUT2D eigenvalue weighted by atomic mass is 9.47. The maximum absolute atomic E-state index is 2.61. The second kappa shape index (κ2) is 11.3. The van der Waals surface area contributed by atoms with Gasteiger partial charge in [-0.05, 0) is 76.6 Å². The van der Waals surface area contributed by atoms with Crippen LogP contribution in [0.2, 0.25) is 0 Å². The lowest BCUT2D eigenvalue weighted by Gasteiger charge is -2.56. The van der Waals surface area contributed by atoms with Crippen LogP contribution in [0.3, 0.4) is 0 Å². The third-order valence-electron chi connectivity index (χ3n) is 9.35. The Labute approximate surface area is 209 Å². The van der Waals surface area contributed by atoms with Gasteiger partial charge < -0.3 is 0 Å². The minimum Gasteiger partial charge on any atom is -0.0654 e. The molecule has 3 aromatic carbocycles. The first kappa shape index (κ1) is 25.3. The molecular weight excluding hydrogens is 408 g/mol. The minimum absolute atomic E-state index is 0.344. The molecule has 0 heterocycles. The summed E-state index contributed by atoms with van der Waals surface area (Å²) >= 11 is 0. The molecule has 0 aromatic heterocycles. The van der Waals surface area contributed by atoms with Gasteiger partial charge in [0, 0.05) is 5.41 Å². The van der Waals surface area contributed by atoms with Crippen molar-refractivity contribution in [3.05, 3.63) is 59.7 Å². The van der Waals surface area contributed by atoms with Crippen molar-refractivity contribution in [2.75, 3.05) is 0 Å². The Morgan fingerprint density at radius 2 is 1.18 bits per heavy atom. The lowest BCUT2D eigenvalue weighted by Crippen LogP contribution is -2.49. The van der Waals surface area contributed by atoms with E-state index in [1.807, 2.05) is 0 Å². The standard InChI is InChI=1S/C34H48/c1-5-9-22-33(23-10-6-2)26-21-31-30-18-17-27-15-13-14-16-28(27)29(30)19-20-32(31)34(33,24-11-7-3)25-12-8-4/h13-20H,5-12,21-26H2,1-4H3. The van der Waals surface area contributed by atoms with E-state index in [1.54, 1.807) is 11.1 Å². The average molecular weight is 457 g/mol. The zero-order valence-corrected chi connectivity index (χ0v) is 22.5. The molecule has 0 heteroatoms. The smallest absolute Gasteiger partial charge is 0.00124 e. The maximum Gasteiger partial charge on any atom is 0.00124 e. The van der Waals surface area contributed by atoms with Crippen LogP contribution in [-0.2, 0) is 11.8 Å². The number of aryl methyl sites for hydroxylation is 1. The van der Waals surface area contributed by atoms with E-state index < -0.39 is 0 Å². The third kappa shape index (κ3) is 4.43. The van der Waals surface area contributed by atoms with Crippen molar-refractivity contribution in [1.29, 1.82) is 0 Å². The number of unbranched alkanes of at least 4 members (excludes halogenated alkanes) is 4. The van der Waals surface area contributed by atoms with Gasteiger partial charge in [0.2, 0.25) is 0 Å². The van der Waals surface area contributed by atoms with E-state index in [1.165, 1.54) is 111 Å². The molecule has 0 saturated carbocycles. The highest BCUT2D eigenvalue weighted by Gasteiger charge is 2.52. The summed E-state index contributed by atoms with van der Waals surface area (Å²) in [7, 11) is 0. The Kier molecular flexibility index (Phi) is 8.39. The molecule has 34 heavy (non-hydrogen) atoms. The first-order valence-corrected chi connectivity index (χ1v) is 14.6. The molecule has 184 valence electrons. The first-order valence-electron chi connectivity index (χ1n) is 14.6. The second-order valence-corrected chi connectivity index (χ2v) is 11.3. The van der Waals surface area contributed by atoms with Crippen LogP contribution >= 0.6 is 0 Å². The van der Waals surface area contributed by atoms with Gasteiger partial charge in [-0.15, -0.1) is 0 Å². The van der Waals surface area contributed by atoms with E-state index in [2.05, 4.69) is 76.2 Å². The molecule has 0 radical (unpaired) electrons. The molecule has 0 aliphatic heterocycles. The molecule has 1 aliphatic rings. The number of benzene rings is 3. The number of rotatable bonds is 12. The Balaban J connectivity index is 1.96. The quantitative estimate of drug-likeness (QED) is 0.238. The van der Waals surface area contributed by atoms with Crippen LogP contribution in [0, 0.1) is 5.41 Å². The molecule has 0 unspecified atom stereocenters. The molecule has 0 N–H and O–H groups in total. The summed E-state index contributed by atoms with van der Waals surface area (Å²) in [5, 5.41) is 5.79. The van der Waals surface area contributed by atoms with Crippen LogP contribution < -0.4 is 0 Å². The van der Waals surface area contributed by atoms with Gasteiger partial charge in [0.15, 0.2) is 0 Å². The van der Waals surface area contributed by atoms with Crippen molar-refractivity contribution < 1.29 is 0 Å². The second-order valence-electron chi connectivity index (χ2n) is 11.3. The van der Waals surface area contributed by atoms with Crippen molar-refractivity contribution in [1.82, 2.24) is 0 Å². The van der Waals surface area contributed by atoms with Crippen molar-refractivity contribution in [2.24, 2.45) is 5.41 Å². The highest BCUT2D eigenvalue weighted by Crippen LogP contribution is 2.61. The zero-order chi connectivity index (χ0) is 24.0. The highest BCUT2D eigenvalue weighted by molar-refractivity contribution is 6.08. The molecule has 0 fully saturated rings. The first-order chi connectivity index (χ1) is 16.7. The van der Waals surface area contributed by atoms with Crippen LogP contribution in [0.5, 0.6) is 0 Å². The van der Waals surface area contributed by atoms with Crippen molar-refractivity contribution in [3.63, 3.8) is 0 Å². The van der Waals surface area contributed by atoms with Crippen molar-refractivity contribution in [2.45, 2.75) is 123 Å². The molecular formula is C34H48. The van der Waals surface area contributed by atoms with E-state index in [0.29, 0.717) is 10.8 Å². The Morgan fingerprint density at radius 3 is 1.82 bits per heavy atom. The molecule has 0 amide bonds. The molecule has 0 nitrogen and oxygen atoms in total. The molecule has 3 aromatic rings. The maximum atomic E-state index is 2.61. The number of hydrogen-bond acceptors (Lipinski definition) is 0. The van der Waals surface area contributed by atoms with E-state index in [9.17, 15) is 0 Å². The molecule has 0 bridgehead atoms. The average Bonchev–Trinajstić information content (AvgIpc) is 2.88. The number of fused-ring (bicyclic) bond motifs is 5. The summed E-state index contributed by atoms with van der Waals surface area (Å²) in [4.78, 5) is 0. The molecule has 0 saturated heterocycles. The predicted molar refractivity (Wildman–Crippen MR) is 152 cm³/mol. The number of hydrogen-bond donors (Lipinski definition) is 0. The summed E-state index contributed by atoms with van der Waals surface area (Å²) in [6, 6.07) is 18.9. The van der Waals surface area contributed by atoms with Crippen LogP contribution in [0.4, 0.5) is 0 Å². The van der Waals surface area contributed by atoms with E-state index in [-0.39, 0.29) is 0 Å². The zero-order valence-electron chi connectivity index (χ0n) is 22.5. The Morgan fingerprint density at radius 1 is 0.588 bits per heavy atom. The third-order valence-corrected chi connectivity index (χ3v) is 9.35.